The molecule has 1 aromatic rings. The number of carbonyl (C=O) groups excluding carboxylic acids is 1. The summed E-state index contributed by atoms with van der Waals surface area (Å²) in [7, 11) is 0. The number of carbonyl (C=O) groups is 1. The minimum Gasteiger partial charge on any atom is -0.336 e. The predicted molar refractivity (Wildman–Crippen MR) is 81.5 cm³/mol. The van der Waals surface area contributed by atoms with Gasteiger partial charge in [-0.3, -0.25) is 0 Å². The Kier molecular flexibility index (Phi) is 5.14. The summed E-state index contributed by atoms with van der Waals surface area (Å²) in [6, 6.07) is 10.9. The number of nitrogens with one attached hydrogen (secondary N) is 1. The van der Waals surface area contributed by atoms with E-state index in [1.54, 1.807) is 0 Å². The molecular weight excluding hydrogens is 256 g/mol. The molecule has 2 rings (SSSR count). The zero-order valence-electron chi connectivity index (χ0n) is 11.6. The molecule has 3 nitrogen and oxygen atoms in total. The molecule has 1 saturated heterocycles. The SMILES string of the molecule is CC(C)NC(=O)N1CCS[C@H](c2ccccc2)CC1. The van der Waals surface area contributed by atoms with Crippen LogP contribution in [0.1, 0.15) is 31.1 Å². The summed E-state index contributed by atoms with van der Waals surface area (Å²) in [6.45, 7) is 5.67. The number of benzene rings is 1. The second kappa shape index (κ2) is 6.85. The topological polar surface area (TPSA) is 32.3 Å². The number of hydrogen-bond donors (Lipinski definition) is 1. The van der Waals surface area contributed by atoms with Crippen LogP contribution in [0.2, 0.25) is 0 Å². The number of urea groups is 1. The summed E-state index contributed by atoms with van der Waals surface area (Å²) in [5.41, 5.74) is 1.37. The lowest BCUT2D eigenvalue weighted by atomic mass is 10.1. The van der Waals surface area contributed by atoms with Crippen LogP contribution in [0, 0.1) is 0 Å². The zero-order valence-corrected chi connectivity index (χ0v) is 12.5. The molecule has 0 radical (unpaired) electrons. The maximum atomic E-state index is 12.0. The molecule has 1 fully saturated rings. The summed E-state index contributed by atoms with van der Waals surface area (Å²) in [5.74, 6) is 1.01. The molecule has 19 heavy (non-hydrogen) atoms. The molecule has 0 aliphatic carbocycles. The van der Waals surface area contributed by atoms with Gasteiger partial charge in [0.1, 0.15) is 0 Å². The van der Waals surface area contributed by atoms with Crippen molar-refractivity contribution in [1.29, 1.82) is 0 Å². The van der Waals surface area contributed by atoms with Gasteiger partial charge >= 0.3 is 6.03 Å². The van der Waals surface area contributed by atoms with Crippen molar-refractivity contribution in [3.05, 3.63) is 35.9 Å². The third-order valence-corrected chi connectivity index (χ3v) is 4.54. The molecular formula is C15H22N2OS. The Labute approximate surface area is 119 Å². The molecule has 1 N–H and O–H groups in total. The summed E-state index contributed by atoms with van der Waals surface area (Å²) in [6.07, 6.45) is 1.03. The first-order chi connectivity index (χ1) is 9.16. The Hall–Kier alpha value is -1.16. The van der Waals surface area contributed by atoms with Crippen LogP contribution in [0.3, 0.4) is 0 Å². The lowest BCUT2D eigenvalue weighted by Crippen LogP contribution is -2.43. The van der Waals surface area contributed by atoms with E-state index < -0.39 is 0 Å². The van der Waals surface area contributed by atoms with Crippen LogP contribution >= 0.6 is 11.8 Å². The lowest BCUT2D eigenvalue weighted by molar-refractivity contribution is 0.198. The molecule has 2 amide bonds. The van der Waals surface area contributed by atoms with Crippen LogP contribution < -0.4 is 5.32 Å². The Morgan fingerprint density at radius 3 is 2.74 bits per heavy atom. The third-order valence-electron chi connectivity index (χ3n) is 3.21. The van der Waals surface area contributed by atoms with Gasteiger partial charge in [0, 0.05) is 30.1 Å². The van der Waals surface area contributed by atoms with Gasteiger partial charge in [0.25, 0.3) is 0 Å². The van der Waals surface area contributed by atoms with Crippen molar-refractivity contribution >= 4 is 17.8 Å². The molecule has 0 unspecified atom stereocenters. The molecule has 1 aliphatic rings. The Morgan fingerprint density at radius 2 is 2.05 bits per heavy atom. The standard InChI is InChI=1S/C15H22N2OS/c1-12(2)16-15(18)17-9-8-14(19-11-10-17)13-6-4-3-5-7-13/h3-7,12,14H,8-11H2,1-2H3,(H,16,18)/t14-/m0/s1. The molecule has 0 spiro atoms. The van der Waals surface area contributed by atoms with Gasteiger partial charge in [0.15, 0.2) is 0 Å². The molecule has 1 aromatic carbocycles. The monoisotopic (exact) mass is 278 g/mol. The summed E-state index contributed by atoms with van der Waals surface area (Å²) >= 11 is 1.96. The fraction of sp³-hybridized carbons (Fsp3) is 0.533. The molecule has 1 heterocycles. The normalized spacial score (nSPS) is 20.2. The van der Waals surface area contributed by atoms with E-state index in [2.05, 4.69) is 29.6 Å². The Balaban J connectivity index is 1.93. The number of nitrogens with zero attached hydrogens (tertiary/aromatic N) is 1. The van der Waals surface area contributed by atoms with Crippen molar-refractivity contribution < 1.29 is 4.79 Å². The maximum absolute atomic E-state index is 12.0. The van der Waals surface area contributed by atoms with Crippen LogP contribution in [0.4, 0.5) is 4.79 Å². The average Bonchev–Trinajstić information content (AvgIpc) is 2.64. The highest BCUT2D eigenvalue weighted by Crippen LogP contribution is 2.34. The molecule has 0 saturated carbocycles. The fourth-order valence-electron chi connectivity index (χ4n) is 2.25. The number of amides is 2. The maximum Gasteiger partial charge on any atom is 0.317 e. The van der Waals surface area contributed by atoms with Crippen LogP contribution in [0.5, 0.6) is 0 Å². The van der Waals surface area contributed by atoms with Crippen molar-refractivity contribution in [3.8, 4) is 0 Å². The molecule has 0 aromatic heterocycles. The van der Waals surface area contributed by atoms with Gasteiger partial charge in [0.2, 0.25) is 0 Å². The third kappa shape index (κ3) is 4.16. The highest BCUT2D eigenvalue weighted by atomic mass is 32.2. The first kappa shape index (κ1) is 14.3. The van der Waals surface area contributed by atoms with Crippen LogP contribution in [0.15, 0.2) is 30.3 Å². The van der Waals surface area contributed by atoms with Gasteiger partial charge < -0.3 is 10.2 Å². The van der Waals surface area contributed by atoms with E-state index in [1.165, 1.54) is 5.56 Å². The Bertz CT molecular complexity index is 408. The second-order valence-corrected chi connectivity index (χ2v) is 6.46. The quantitative estimate of drug-likeness (QED) is 0.900. The van der Waals surface area contributed by atoms with Crippen LogP contribution in [0.25, 0.3) is 0 Å². The summed E-state index contributed by atoms with van der Waals surface area (Å²) in [5, 5.41) is 3.48. The molecule has 0 bridgehead atoms. The van der Waals surface area contributed by atoms with Crippen LogP contribution in [-0.4, -0.2) is 35.8 Å². The number of rotatable bonds is 2. The van der Waals surface area contributed by atoms with E-state index >= 15 is 0 Å². The van der Waals surface area contributed by atoms with Crippen molar-refractivity contribution in [3.63, 3.8) is 0 Å². The summed E-state index contributed by atoms with van der Waals surface area (Å²) in [4.78, 5) is 14.0. The lowest BCUT2D eigenvalue weighted by Gasteiger charge is -2.22. The first-order valence-electron chi connectivity index (χ1n) is 6.89. The summed E-state index contributed by atoms with van der Waals surface area (Å²) < 4.78 is 0. The van der Waals surface area contributed by atoms with Crippen molar-refractivity contribution in [2.24, 2.45) is 0 Å². The van der Waals surface area contributed by atoms with E-state index in [0.29, 0.717) is 5.25 Å². The largest absolute Gasteiger partial charge is 0.336 e. The molecule has 1 atom stereocenters. The van der Waals surface area contributed by atoms with Gasteiger partial charge in [-0.05, 0) is 25.8 Å². The van der Waals surface area contributed by atoms with Crippen molar-refractivity contribution in [2.45, 2.75) is 31.6 Å². The van der Waals surface area contributed by atoms with Gasteiger partial charge in [-0.25, -0.2) is 4.79 Å². The minimum absolute atomic E-state index is 0.0734. The molecule has 4 heteroatoms. The number of thioether (sulfide) groups is 1. The van der Waals surface area contributed by atoms with Crippen molar-refractivity contribution in [2.75, 3.05) is 18.8 Å². The smallest absolute Gasteiger partial charge is 0.317 e. The highest BCUT2D eigenvalue weighted by Gasteiger charge is 2.21. The van der Waals surface area contributed by atoms with E-state index in [9.17, 15) is 4.79 Å². The average molecular weight is 278 g/mol. The predicted octanol–water partition coefficient (Wildman–Crippen LogP) is 3.28. The van der Waals surface area contributed by atoms with E-state index in [0.717, 1.165) is 25.3 Å². The van der Waals surface area contributed by atoms with Gasteiger partial charge in [-0.1, -0.05) is 30.3 Å². The van der Waals surface area contributed by atoms with Crippen LogP contribution in [-0.2, 0) is 0 Å². The fourth-order valence-corrected chi connectivity index (χ4v) is 3.48. The van der Waals surface area contributed by atoms with E-state index in [1.807, 2.05) is 36.6 Å². The molecule has 1 aliphatic heterocycles. The highest BCUT2D eigenvalue weighted by molar-refractivity contribution is 7.99. The van der Waals surface area contributed by atoms with Gasteiger partial charge in [0.05, 0.1) is 0 Å². The first-order valence-corrected chi connectivity index (χ1v) is 7.93. The van der Waals surface area contributed by atoms with E-state index in [-0.39, 0.29) is 12.1 Å². The van der Waals surface area contributed by atoms with Gasteiger partial charge in [-0.2, -0.15) is 11.8 Å². The minimum atomic E-state index is 0.0734. The Morgan fingerprint density at radius 1 is 1.32 bits per heavy atom. The second-order valence-electron chi connectivity index (χ2n) is 5.15. The zero-order chi connectivity index (χ0) is 13.7. The van der Waals surface area contributed by atoms with Crippen molar-refractivity contribution in [1.82, 2.24) is 10.2 Å². The number of hydrogen-bond acceptors (Lipinski definition) is 2. The van der Waals surface area contributed by atoms with Gasteiger partial charge in [-0.15, -0.1) is 0 Å². The van der Waals surface area contributed by atoms with E-state index in [4.69, 9.17) is 0 Å². The molecule has 104 valence electrons.